The molecule has 4 nitrogen and oxygen atoms in total. The van der Waals surface area contributed by atoms with Crippen molar-refractivity contribution in [3.8, 4) is 5.75 Å². The fraction of sp³-hybridized carbons (Fsp3) is 0.188. The summed E-state index contributed by atoms with van der Waals surface area (Å²) in [4.78, 5) is 12.7. The van der Waals surface area contributed by atoms with Crippen molar-refractivity contribution in [2.24, 2.45) is 0 Å². The van der Waals surface area contributed by atoms with Gasteiger partial charge < -0.3 is 15.1 Å². The average molecular weight is 306 g/mol. The number of para-hydroxylation sites is 1. The Kier molecular flexibility index (Phi) is 5.06. The number of nitrogens with zero attached hydrogens (tertiary/aromatic N) is 1. The fourth-order valence-corrected chi connectivity index (χ4v) is 2.29. The number of carboxylic acids is 1. The number of phenols is 1. The molecule has 2 aromatic rings. The highest BCUT2D eigenvalue weighted by molar-refractivity contribution is 6.31. The molecule has 2 rings (SSSR count). The van der Waals surface area contributed by atoms with E-state index in [4.69, 9.17) is 16.7 Å². The summed E-state index contributed by atoms with van der Waals surface area (Å²) in [7, 11) is 0. The third-order valence-corrected chi connectivity index (χ3v) is 3.51. The number of carbonyl (C=O) groups is 1. The van der Waals surface area contributed by atoms with Crippen LogP contribution in [0.3, 0.4) is 0 Å². The lowest BCUT2D eigenvalue weighted by Gasteiger charge is -2.25. The first-order valence-corrected chi connectivity index (χ1v) is 6.94. The zero-order valence-electron chi connectivity index (χ0n) is 11.4. The third-order valence-electron chi connectivity index (χ3n) is 3.16. The summed E-state index contributed by atoms with van der Waals surface area (Å²) < 4.78 is 0. The molecule has 0 spiro atoms. The molecule has 0 aromatic heterocycles. The lowest BCUT2D eigenvalue weighted by molar-refractivity contribution is -0.136. The minimum atomic E-state index is -0.862. The zero-order valence-corrected chi connectivity index (χ0v) is 12.1. The lowest BCUT2D eigenvalue weighted by atomic mass is 10.1. The van der Waals surface area contributed by atoms with Gasteiger partial charge in [-0.25, -0.2) is 0 Å². The predicted octanol–water partition coefficient (Wildman–Crippen LogP) is 3.53. The number of halogens is 1. The summed E-state index contributed by atoms with van der Waals surface area (Å²) in [6, 6.07) is 14.4. The fourth-order valence-electron chi connectivity index (χ4n) is 2.06. The first-order chi connectivity index (χ1) is 10.1. The maximum absolute atomic E-state index is 10.8. The third kappa shape index (κ3) is 4.13. The van der Waals surface area contributed by atoms with Crippen molar-refractivity contribution < 1.29 is 15.0 Å². The molecule has 2 aromatic carbocycles. The van der Waals surface area contributed by atoms with Gasteiger partial charge in [0.15, 0.2) is 0 Å². The van der Waals surface area contributed by atoms with Crippen LogP contribution in [0.1, 0.15) is 12.0 Å². The molecule has 110 valence electrons. The Morgan fingerprint density at radius 3 is 2.43 bits per heavy atom. The summed E-state index contributed by atoms with van der Waals surface area (Å²) in [5, 5.41) is 19.3. The molecular weight excluding hydrogens is 290 g/mol. The van der Waals surface area contributed by atoms with Gasteiger partial charge in [-0.15, -0.1) is 0 Å². The first-order valence-electron chi connectivity index (χ1n) is 6.56. The molecule has 0 atom stereocenters. The molecule has 0 aliphatic heterocycles. The van der Waals surface area contributed by atoms with Gasteiger partial charge in [-0.1, -0.05) is 35.9 Å². The highest BCUT2D eigenvalue weighted by Gasteiger charge is 2.14. The van der Waals surface area contributed by atoms with E-state index in [0.717, 1.165) is 5.69 Å². The Labute approximate surface area is 128 Å². The molecular formula is C16H16ClNO3. The molecule has 2 N–H and O–H groups in total. The molecule has 0 saturated heterocycles. The van der Waals surface area contributed by atoms with Crippen LogP contribution >= 0.6 is 11.6 Å². The van der Waals surface area contributed by atoms with Crippen LogP contribution in [0.5, 0.6) is 5.75 Å². The van der Waals surface area contributed by atoms with E-state index in [-0.39, 0.29) is 12.2 Å². The van der Waals surface area contributed by atoms with E-state index in [1.165, 1.54) is 0 Å². The van der Waals surface area contributed by atoms with Crippen LogP contribution in [0.15, 0.2) is 48.5 Å². The molecule has 0 aliphatic carbocycles. The lowest BCUT2D eigenvalue weighted by Crippen LogP contribution is -2.25. The highest BCUT2D eigenvalue weighted by Crippen LogP contribution is 2.28. The normalized spacial score (nSPS) is 10.3. The Bertz CT molecular complexity index is 596. The van der Waals surface area contributed by atoms with Crippen molar-refractivity contribution in [2.75, 3.05) is 11.4 Å². The van der Waals surface area contributed by atoms with Gasteiger partial charge in [-0.05, 0) is 24.3 Å². The summed E-state index contributed by atoms with van der Waals surface area (Å²) >= 11 is 6.12. The summed E-state index contributed by atoms with van der Waals surface area (Å²) in [6.07, 6.45) is 0.0140. The Morgan fingerprint density at radius 1 is 1.10 bits per heavy atom. The zero-order chi connectivity index (χ0) is 15.2. The van der Waals surface area contributed by atoms with Gasteiger partial charge in [0.2, 0.25) is 0 Å². The number of anilines is 1. The smallest absolute Gasteiger partial charge is 0.305 e. The second-order valence-electron chi connectivity index (χ2n) is 4.64. The molecule has 0 aliphatic rings. The van der Waals surface area contributed by atoms with Crippen LogP contribution in [0, 0.1) is 0 Å². The Morgan fingerprint density at radius 2 is 1.81 bits per heavy atom. The second kappa shape index (κ2) is 6.99. The highest BCUT2D eigenvalue weighted by atomic mass is 35.5. The Balaban J connectivity index is 2.25. The number of rotatable bonds is 6. The van der Waals surface area contributed by atoms with Crippen molar-refractivity contribution >= 4 is 23.3 Å². The van der Waals surface area contributed by atoms with Crippen molar-refractivity contribution in [2.45, 2.75) is 13.0 Å². The maximum atomic E-state index is 10.8. The van der Waals surface area contributed by atoms with E-state index < -0.39 is 5.97 Å². The van der Waals surface area contributed by atoms with Gasteiger partial charge in [0.25, 0.3) is 0 Å². The van der Waals surface area contributed by atoms with Gasteiger partial charge in [0.1, 0.15) is 5.75 Å². The van der Waals surface area contributed by atoms with E-state index >= 15 is 0 Å². The van der Waals surface area contributed by atoms with Crippen LogP contribution in [0.25, 0.3) is 0 Å². The van der Waals surface area contributed by atoms with E-state index in [1.807, 2.05) is 35.2 Å². The van der Waals surface area contributed by atoms with Crippen LogP contribution in [0.2, 0.25) is 5.02 Å². The number of benzene rings is 2. The predicted molar refractivity (Wildman–Crippen MR) is 82.9 cm³/mol. The van der Waals surface area contributed by atoms with Gasteiger partial charge in [-0.3, -0.25) is 4.79 Å². The van der Waals surface area contributed by atoms with Gasteiger partial charge >= 0.3 is 5.97 Å². The van der Waals surface area contributed by atoms with Gasteiger partial charge in [-0.2, -0.15) is 0 Å². The SMILES string of the molecule is O=C(O)CCN(Cc1c(O)cccc1Cl)c1ccccc1. The minimum absolute atomic E-state index is 0.0140. The largest absolute Gasteiger partial charge is 0.508 e. The molecule has 0 unspecified atom stereocenters. The van der Waals surface area contributed by atoms with Crippen molar-refractivity contribution in [3.05, 3.63) is 59.1 Å². The monoisotopic (exact) mass is 305 g/mol. The topological polar surface area (TPSA) is 60.8 Å². The molecule has 0 radical (unpaired) electrons. The number of phenolic OH excluding ortho intramolecular Hbond substituents is 1. The number of hydrogen-bond donors (Lipinski definition) is 2. The number of aliphatic carboxylic acids is 1. The second-order valence-corrected chi connectivity index (χ2v) is 5.05. The van der Waals surface area contributed by atoms with Crippen LogP contribution in [-0.2, 0) is 11.3 Å². The molecule has 21 heavy (non-hydrogen) atoms. The standard InChI is InChI=1S/C16H16ClNO3/c17-14-7-4-8-15(19)13(14)11-18(10-9-16(20)21)12-5-2-1-3-6-12/h1-8,19H,9-11H2,(H,20,21). The van der Waals surface area contributed by atoms with Crippen LogP contribution in [0.4, 0.5) is 5.69 Å². The van der Waals surface area contributed by atoms with Crippen LogP contribution < -0.4 is 4.90 Å². The van der Waals surface area contributed by atoms with E-state index in [2.05, 4.69) is 0 Å². The van der Waals surface area contributed by atoms with Crippen molar-refractivity contribution in [1.29, 1.82) is 0 Å². The van der Waals surface area contributed by atoms with Crippen molar-refractivity contribution in [1.82, 2.24) is 0 Å². The molecule has 0 amide bonds. The number of hydrogen-bond acceptors (Lipinski definition) is 3. The minimum Gasteiger partial charge on any atom is -0.508 e. The summed E-state index contributed by atoms with van der Waals surface area (Å²) in [6.45, 7) is 0.687. The maximum Gasteiger partial charge on any atom is 0.305 e. The van der Waals surface area contributed by atoms with Gasteiger partial charge in [0, 0.05) is 29.4 Å². The van der Waals surface area contributed by atoms with E-state index in [0.29, 0.717) is 23.7 Å². The molecule has 0 heterocycles. The quantitative estimate of drug-likeness (QED) is 0.857. The van der Waals surface area contributed by atoms with Gasteiger partial charge in [0.05, 0.1) is 6.42 Å². The Hall–Kier alpha value is -2.20. The molecule has 0 bridgehead atoms. The van der Waals surface area contributed by atoms with E-state index in [9.17, 15) is 9.90 Å². The first kappa shape index (κ1) is 15.2. The average Bonchev–Trinajstić information content (AvgIpc) is 2.47. The summed E-state index contributed by atoms with van der Waals surface area (Å²) in [5.74, 6) is -0.752. The molecule has 0 fully saturated rings. The van der Waals surface area contributed by atoms with Crippen LogP contribution in [-0.4, -0.2) is 22.7 Å². The number of aromatic hydroxyl groups is 1. The molecule has 0 saturated carbocycles. The van der Waals surface area contributed by atoms with Crippen molar-refractivity contribution in [3.63, 3.8) is 0 Å². The van der Waals surface area contributed by atoms with E-state index in [1.54, 1.807) is 18.2 Å². The summed E-state index contributed by atoms with van der Waals surface area (Å²) in [5.41, 5.74) is 1.48. The molecule has 5 heteroatoms. The number of carboxylic acid groups (broad SMARTS) is 1.